The molecule has 36 heavy (non-hydrogen) atoms. The number of rotatable bonds is 6. The highest BCUT2D eigenvalue weighted by Gasteiger charge is 2.35. The summed E-state index contributed by atoms with van der Waals surface area (Å²) in [5.74, 6) is -1.13. The third-order valence-electron chi connectivity index (χ3n) is 6.26. The van der Waals surface area contributed by atoms with Gasteiger partial charge in [-0.05, 0) is 30.7 Å². The van der Waals surface area contributed by atoms with Gasteiger partial charge in [-0.3, -0.25) is 14.6 Å². The molecule has 0 bridgehead atoms. The Morgan fingerprint density at radius 2 is 2.06 bits per heavy atom. The van der Waals surface area contributed by atoms with Crippen LogP contribution in [0.5, 0.6) is 5.88 Å². The number of benzene rings is 1. The van der Waals surface area contributed by atoms with Gasteiger partial charge in [-0.1, -0.05) is 19.1 Å². The lowest BCUT2D eigenvalue weighted by atomic mass is 9.99. The van der Waals surface area contributed by atoms with Crippen LogP contribution in [0.2, 0.25) is 0 Å². The minimum Gasteiger partial charge on any atom is -0.472 e. The molecule has 1 aromatic carbocycles. The summed E-state index contributed by atoms with van der Waals surface area (Å²) in [4.78, 5) is 41.9. The first-order valence-corrected chi connectivity index (χ1v) is 11.6. The smallest absolute Gasteiger partial charge is 0.273 e. The van der Waals surface area contributed by atoms with Crippen LogP contribution in [0.4, 0.5) is 4.39 Å². The zero-order valence-electron chi connectivity index (χ0n) is 20.3. The van der Waals surface area contributed by atoms with Gasteiger partial charge in [0.15, 0.2) is 0 Å². The fraction of sp³-hybridized carbons (Fsp3) is 0.346. The van der Waals surface area contributed by atoms with Crippen LogP contribution < -0.4 is 4.74 Å². The molecule has 10 heteroatoms. The summed E-state index contributed by atoms with van der Waals surface area (Å²) in [5.41, 5.74) is 1.54. The van der Waals surface area contributed by atoms with Gasteiger partial charge in [0.25, 0.3) is 11.8 Å². The second-order valence-corrected chi connectivity index (χ2v) is 8.99. The number of carbonyl (C=O) groups is 2. The molecule has 0 unspecified atom stereocenters. The van der Waals surface area contributed by atoms with Crippen molar-refractivity contribution in [3.05, 3.63) is 72.2 Å². The van der Waals surface area contributed by atoms with E-state index in [1.165, 1.54) is 41.8 Å². The highest BCUT2D eigenvalue weighted by atomic mass is 19.1. The van der Waals surface area contributed by atoms with Crippen molar-refractivity contribution in [2.75, 3.05) is 26.7 Å². The predicted molar refractivity (Wildman–Crippen MR) is 130 cm³/mol. The van der Waals surface area contributed by atoms with E-state index in [0.717, 1.165) is 0 Å². The molecule has 3 aromatic rings. The number of carbonyl (C=O) groups excluding carboxylic acids is 2. The van der Waals surface area contributed by atoms with E-state index >= 15 is 0 Å². The van der Waals surface area contributed by atoms with Crippen molar-refractivity contribution in [1.29, 1.82) is 0 Å². The molecule has 0 aliphatic carbocycles. The first-order valence-electron chi connectivity index (χ1n) is 11.6. The van der Waals surface area contributed by atoms with Gasteiger partial charge in [-0.2, -0.15) is 0 Å². The van der Waals surface area contributed by atoms with Crippen LogP contribution >= 0.6 is 0 Å². The van der Waals surface area contributed by atoms with Crippen molar-refractivity contribution in [1.82, 2.24) is 24.8 Å². The number of hydrogen-bond donors (Lipinski definition) is 1. The maximum atomic E-state index is 13.8. The van der Waals surface area contributed by atoms with Crippen molar-refractivity contribution in [2.45, 2.75) is 26.0 Å². The van der Waals surface area contributed by atoms with Crippen LogP contribution in [0.3, 0.4) is 0 Å². The molecule has 2 amide bonds. The van der Waals surface area contributed by atoms with Crippen molar-refractivity contribution >= 4 is 11.8 Å². The SMILES string of the molecule is C[C@@H]1CN([C@@H](C)CO)C(=O)c2cc(-c3cccc(F)c3)cnc2O[C@@H]1CN(C)C(=O)c1cnccn1. The quantitative estimate of drug-likeness (QED) is 0.562. The van der Waals surface area contributed by atoms with E-state index in [-0.39, 0.29) is 48.0 Å². The molecular weight excluding hydrogens is 465 g/mol. The van der Waals surface area contributed by atoms with Crippen LogP contribution in [0, 0.1) is 11.7 Å². The number of pyridine rings is 1. The van der Waals surface area contributed by atoms with Crippen molar-refractivity contribution in [3.8, 4) is 17.0 Å². The highest BCUT2D eigenvalue weighted by Crippen LogP contribution is 2.30. The Hall–Kier alpha value is -3.92. The Bertz CT molecular complexity index is 1240. The van der Waals surface area contributed by atoms with Gasteiger partial charge in [0, 0.05) is 43.7 Å². The number of aliphatic hydroxyl groups is 1. The van der Waals surface area contributed by atoms with Gasteiger partial charge < -0.3 is 19.6 Å². The molecule has 3 atom stereocenters. The van der Waals surface area contributed by atoms with Gasteiger partial charge in [0.1, 0.15) is 23.2 Å². The van der Waals surface area contributed by atoms with Crippen molar-refractivity contribution in [3.63, 3.8) is 0 Å². The largest absolute Gasteiger partial charge is 0.472 e. The summed E-state index contributed by atoms with van der Waals surface area (Å²) in [6, 6.07) is 7.19. The zero-order chi connectivity index (χ0) is 25.8. The second-order valence-electron chi connectivity index (χ2n) is 8.99. The average molecular weight is 494 g/mol. The second kappa shape index (κ2) is 10.8. The first kappa shape index (κ1) is 25.2. The summed E-state index contributed by atoms with van der Waals surface area (Å²) in [5, 5.41) is 9.83. The van der Waals surface area contributed by atoms with E-state index in [1.807, 2.05) is 6.92 Å². The Kier molecular flexibility index (Phi) is 7.54. The lowest BCUT2D eigenvalue weighted by molar-refractivity contribution is 0.0312. The molecule has 1 aliphatic heterocycles. The van der Waals surface area contributed by atoms with E-state index in [0.29, 0.717) is 17.7 Å². The average Bonchev–Trinajstić information content (AvgIpc) is 2.90. The number of ether oxygens (including phenoxy) is 1. The topological polar surface area (TPSA) is 109 Å². The molecule has 188 valence electrons. The third-order valence-corrected chi connectivity index (χ3v) is 6.26. The summed E-state index contributed by atoms with van der Waals surface area (Å²) in [6.07, 6.45) is 5.36. The fourth-order valence-corrected chi connectivity index (χ4v) is 4.10. The predicted octanol–water partition coefficient (Wildman–Crippen LogP) is 2.67. The first-order chi connectivity index (χ1) is 17.3. The normalized spacial score (nSPS) is 18.5. The number of aromatic nitrogens is 3. The Balaban J connectivity index is 1.69. The molecule has 2 aromatic heterocycles. The number of halogens is 1. The van der Waals surface area contributed by atoms with Crippen molar-refractivity contribution < 1.29 is 23.8 Å². The van der Waals surface area contributed by atoms with Gasteiger partial charge >= 0.3 is 0 Å². The summed E-state index contributed by atoms with van der Waals surface area (Å²) in [7, 11) is 1.65. The lowest BCUT2D eigenvalue weighted by Crippen LogP contribution is -2.50. The van der Waals surface area contributed by atoms with Gasteiger partial charge in [-0.25, -0.2) is 14.4 Å². The van der Waals surface area contributed by atoms with Gasteiger partial charge in [-0.15, -0.1) is 0 Å². The summed E-state index contributed by atoms with van der Waals surface area (Å²) >= 11 is 0. The van der Waals surface area contributed by atoms with Crippen LogP contribution in [0.15, 0.2) is 55.1 Å². The van der Waals surface area contributed by atoms with E-state index in [4.69, 9.17) is 4.74 Å². The molecule has 3 heterocycles. The number of nitrogens with zero attached hydrogens (tertiary/aromatic N) is 5. The molecule has 0 saturated heterocycles. The van der Waals surface area contributed by atoms with E-state index in [9.17, 15) is 19.1 Å². The zero-order valence-corrected chi connectivity index (χ0v) is 20.3. The van der Waals surface area contributed by atoms with E-state index in [2.05, 4.69) is 15.0 Å². The lowest BCUT2D eigenvalue weighted by Gasteiger charge is -2.37. The number of fused-ring (bicyclic) bond motifs is 1. The number of amides is 2. The van der Waals surface area contributed by atoms with Crippen molar-refractivity contribution in [2.24, 2.45) is 5.92 Å². The molecule has 0 spiro atoms. The highest BCUT2D eigenvalue weighted by molar-refractivity contribution is 5.98. The standard InChI is InChI=1S/C26H28FN5O4/c1-16-13-32(17(2)15-33)25(34)21-10-19(18-5-4-6-20(27)9-18)11-30-24(21)36-23(16)14-31(3)26(35)22-12-28-7-8-29-22/h4-12,16-17,23,33H,13-15H2,1-3H3/t16-,17+,23-/m1/s1. The van der Waals surface area contributed by atoms with E-state index in [1.54, 1.807) is 37.1 Å². The fourth-order valence-electron chi connectivity index (χ4n) is 4.10. The Morgan fingerprint density at radius 1 is 1.25 bits per heavy atom. The molecule has 0 fully saturated rings. The molecule has 4 rings (SSSR count). The van der Waals surface area contributed by atoms with Crippen LogP contribution in [-0.4, -0.2) is 80.6 Å². The van der Waals surface area contributed by atoms with E-state index < -0.39 is 18.0 Å². The number of likely N-dealkylation sites (N-methyl/N-ethyl adjacent to an activating group) is 1. The van der Waals surface area contributed by atoms with Crippen LogP contribution in [0.25, 0.3) is 11.1 Å². The Morgan fingerprint density at radius 3 is 2.75 bits per heavy atom. The maximum absolute atomic E-state index is 13.8. The number of aliphatic hydroxyl groups excluding tert-OH is 1. The number of hydrogen-bond acceptors (Lipinski definition) is 7. The molecule has 0 saturated carbocycles. The molecular formula is C26H28FN5O4. The monoisotopic (exact) mass is 493 g/mol. The third kappa shape index (κ3) is 5.33. The summed E-state index contributed by atoms with van der Waals surface area (Å²) < 4.78 is 20.0. The molecule has 1 aliphatic rings. The minimum absolute atomic E-state index is 0.118. The van der Waals surface area contributed by atoms with Gasteiger partial charge in [0.2, 0.25) is 5.88 Å². The van der Waals surface area contributed by atoms with Crippen LogP contribution in [-0.2, 0) is 0 Å². The van der Waals surface area contributed by atoms with Gasteiger partial charge in [0.05, 0.1) is 25.4 Å². The Labute approximate surface area is 208 Å². The van der Waals surface area contributed by atoms with Crippen LogP contribution in [0.1, 0.15) is 34.7 Å². The summed E-state index contributed by atoms with van der Waals surface area (Å²) in [6.45, 7) is 3.96. The molecule has 1 N–H and O–H groups in total. The molecule has 0 radical (unpaired) electrons. The maximum Gasteiger partial charge on any atom is 0.273 e. The molecule has 9 nitrogen and oxygen atoms in total. The minimum atomic E-state index is -0.511.